The Bertz CT molecular complexity index is 524. The number of likely N-dealkylation sites (N-methyl/N-ethyl adjacent to an activating group) is 1. The van der Waals surface area contributed by atoms with E-state index in [1.807, 2.05) is 6.92 Å². The van der Waals surface area contributed by atoms with Crippen molar-refractivity contribution in [2.24, 2.45) is 11.1 Å². The van der Waals surface area contributed by atoms with Gasteiger partial charge in [-0.05, 0) is 36.6 Å². The molecule has 0 radical (unpaired) electrons. The van der Waals surface area contributed by atoms with Gasteiger partial charge in [-0.3, -0.25) is 9.59 Å². The van der Waals surface area contributed by atoms with Gasteiger partial charge in [0, 0.05) is 37.3 Å². The minimum absolute atomic E-state index is 0. The van der Waals surface area contributed by atoms with Gasteiger partial charge in [-0.1, -0.05) is 20.8 Å². The van der Waals surface area contributed by atoms with Gasteiger partial charge in [-0.2, -0.15) is 0 Å². The van der Waals surface area contributed by atoms with E-state index in [-0.39, 0.29) is 35.7 Å². The molecule has 0 aliphatic heterocycles. The van der Waals surface area contributed by atoms with Crippen molar-refractivity contribution in [3.63, 3.8) is 0 Å². The second-order valence-corrected chi connectivity index (χ2v) is 6.82. The molecule has 3 N–H and O–H groups in total. The van der Waals surface area contributed by atoms with Gasteiger partial charge in [-0.15, -0.1) is 12.4 Å². The Kier molecular flexibility index (Phi) is 8.28. The number of hydrogen-bond donors (Lipinski definition) is 2. The van der Waals surface area contributed by atoms with E-state index in [9.17, 15) is 9.59 Å². The summed E-state index contributed by atoms with van der Waals surface area (Å²) >= 11 is 0. The van der Waals surface area contributed by atoms with Crippen LogP contribution in [0.2, 0.25) is 0 Å². The molecule has 23 heavy (non-hydrogen) atoms. The first kappa shape index (κ1) is 21.4. The van der Waals surface area contributed by atoms with Crippen molar-refractivity contribution in [2.45, 2.75) is 33.7 Å². The highest BCUT2D eigenvalue weighted by Crippen LogP contribution is 2.12. The molecule has 0 bridgehead atoms. The first-order chi connectivity index (χ1) is 10.2. The number of benzene rings is 1. The predicted octanol–water partition coefficient (Wildman–Crippen LogP) is 2.30. The van der Waals surface area contributed by atoms with Gasteiger partial charge in [0.25, 0.3) is 11.8 Å². The average Bonchev–Trinajstić information content (AvgIpc) is 2.49. The summed E-state index contributed by atoms with van der Waals surface area (Å²) in [7, 11) is 1.73. The number of halogens is 1. The van der Waals surface area contributed by atoms with Gasteiger partial charge < -0.3 is 16.0 Å². The Hall–Kier alpha value is -1.59. The smallest absolute Gasteiger partial charge is 0.253 e. The molecule has 1 rings (SSSR count). The van der Waals surface area contributed by atoms with E-state index < -0.39 is 0 Å². The second kappa shape index (κ2) is 8.89. The monoisotopic (exact) mass is 341 g/mol. The fraction of sp³-hybridized carbons (Fsp3) is 0.529. The number of hydrogen-bond acceptors (Lipinski definition) is 3. The summed E-state index contributed by atoms with van der Waals surface area (Å²) in [6.07, 6.45) is 0. The molecule has 6 heteroatoms. The first-order valence-electron chi connectivity index (χ1n) is 7.51. The molecule has 0 saturated heterocycles. The zero-order valence-corrected chi connectivity index (χ0v) is 15.4. The van der Waals surface area contributed by atoms with Crippen molar-refractivity contribution in [1.29, 1.82) is 0 Å². The molecule has 0 aliphatic rings. The van der Waals surface area contributed by atoms with E-state index in [1.165, 1.54) is 0 Å². The molecule has 0 heterocycles. The predicted molar refractivity (Wildman–Crippen MR) is 96.1 cm³/mol. The maximum absolute atomic E-state index is 12.3. The summed E-state index contributed by atoms with van der Waals surface area (Å²) < 4.78 is 0. The van der Waals surface area contributed by atoms with Gasteiger partial charge >= 0.3 is 0 Å². The number of nitrogens with two attached hydrogens (primary N) is 1. The highest BCUT2D eigenvalue weighted by molar-refractivity contribution is 5.97. The summed E-state index contributed by atoms with van der Waals surface area (Å²) in [6.45, 7) is 9.08. The molecular weight excluding hydrogens is 314 g/mol. The lowest BCUT2D eigenvalue weighted by atomic mass is 9.97. The lowest BCUT2D eigenvalue weighted by Crippen LogP contribution is -2.39. The standard InChI is InChI=1S/C17H27N3O2.ClH/c1-12(10-18)20(5)16(22)14-8-6-13(7-9-14)15(21)19-11-17(2,3)4;/h6-9,12H,10-11,18H2,1-5H3,(H,19,21);1H. The largest absolute Gasteiger partial charge is 0.352 e. The third kappa shape index (κ3) is 6.59. The van der Waals surface area contributed by atoms with Crippen LogP contribution in [0.5, 0.6) is 0 Å². The first-order valence-corrected chi connectivity index (χ1v) is 7.51. The van der Waals surface area contributed by atoms with Gasteiger partial charge in [0.15, 0.2) is 0 Å². The number of carbonyl (C=O) groups is 2. The molecule has 1 unspecified atom stereocenters. The van der Waals surface area contributed by atoms with E-state index in [0.717, 1.165) is 0 Å². The zero-order chi connectivity index (χ0) is 16.9. The van der Waals surface area contributed by atoms with Crippen LogP contribution in [0.25, 0.3) is 0 Å². The maximum atomic E-state index is 12.3. The summed E-state index contributed by atoms with van der Waals surface area (Å²) in [4.78, 5) is 25.9. The van der Waals surface area contributed by atoms with Gasteiger partial charge in [0.1, 0.15) is 0 Å². The van der Waals surface area contributed by atoms with Crippen molar-refractivity contribution < 1.29 is 9.59 Å². The lowest BCUT2D eigenvalue weighted by Gasteiger charge is -2.23. The SMILES string of the molecule is CC(CN)N(C)C(=O)c1ccc(C(=O)NCC(C)(C)C)cc1.Cl. The Morgan fingerprint density at radius 2 is 1.65 bits per heavy atom. The third-order valence-corrected chi connectivity index (χ3v) is 3.50. The topological polar surface area (TPSA) is 75.4 Å². The van der Waals surface area contributed by atoms with Crippen molar-refractivity contribution in [3.8, 4) is 0 Å². The second-order valence-electron chi connectivity index (χ2n) is 6.82. The molecule has 0 spiro atoms. The van der Waals surface area contributed by atoms with E-state index >= 15 is 0 Å². The van der Waals surface area contributed by atoms with E-state index in [0.29, 0.717) is 24.2 Å². The van der Waals surface area contributed by atoms with Crippen LogP contribution in [0.4, 0.5) is 0 Å². The number of amides is 2. The number of nitrogens with one attached hydrogen (secondary N) is 1. The molecule has 1 aromatic carbocycles. The van der Waals surface area contributed by atoms with Crippen molar-refractivity contribution in [1.82, 2.24) is 10.2 Å². The third-order valence-electron chi connectivity index (χ3n) is 3.50. The van der Waals surface area contributed by atoms with Crippen LogP contribution >= 0.6 is 12.4 Å². The van der Waals surface area contributed by atoms with Crippen LogP contribution in [-0.2, 0) is 0 Å². The van der Waals surface area contributed by atoms with Crippen LogP contribution in [0, 0.1) is 5.41 Å². The Balaban J connectivity index is 0.00000484. The number of nitrogens with zero attached hydrogens (tertiary/aromatic N) is 1. The van der Waals surface area contributed by atoms with Gasteiger partial charge in [0.05, 0.1) is 0 Å². The summed E-state index contributed by atoms with van der Waals surface area (Å²) in [6, 6.07) is 6.67. The van der Waals surface area contributed by atoms with Gasteiger partial charge in [0.2, 0.25) is 0 Å². The lowest BCUT2D eigenvalue weighted by molar-refractivity contribution is 0.0747. The highest BCUT2D eigenvalue weighted by Gasteiger charge is 2.17. The molecule has 1 atom stereocenters. The fourth-order valence-electron chi connectivity index (χ4n) is 1.77. The highest BCUT2D eigenvalue weighted by atomic mass is 35.5. The molecule has 0 aromatic heterocycles. The molecule has 5 nitrogen and oxygen atoms in total. The van der Waals surface area contributed by atoms with Crippen LogP contribution in [-0.4, -0.2) is 42.9 Å². The summed E-state index contributed by atoms with van der Waals surface area (Å²) in [5.74, 6) is -0.225. The fourth-order valence-corrected chi connectivity index (χ4v) is 1.77. The maximum Gasteiger partial charge on any atom is 0.253 e. The van der Waals surface area contributed by atoms with E-state index in [2.05, 4.69) is 26.1 Å². The minimum atomic E-state index is -0.127. The Morgan fingerprint density at radius 1 is 1.17 bits per heavy atom. The summed E-state index contributed by atoms with van der Waals surface area (Å²) in [5.41, 5.74) is 6.71. The summed E-state index contributed by atoms with van der Waals surface area (Å²) in [5, 5.41) is 2.89. The molecule has 0 fully saturated rings. The van der Waals surface area contributed by atoms with E-state index in [1.54, 1.807) is 36.2 Å². The van der Waals surface area contributed by atoms with Crippen LogP contribution in [0.1, 0.15) is 48.4 Å². The molecule has 130 valence electrons. The Labute approximate surface area is 145 Å². The molecule has 2 amide bonds. The van der Waals surface area contributed by atoms with Crippen molar-refractivity contribution >= 4 is 24.2 Å². The average molecular weight is 342 g/mol. The number of carbonyl (C=O) groups excluding carboxylic acids is 2. The van der Waals surface area contributed by atoms with Gasteiger partial charge in [-0.25, -0.2) is 0 Å². The van der Waals surface area contributed by atoms with Crippen LogP contribution < -0.4 is 11.1 Å². The molecule has 0 saturated carbocycles. The van der Waals surface area contributed by atoms with Crippen LogP contribution in [0.3, 0.4) is 0 Å². The molecule has 0 aliphatic carbocycles. The van der Waals surface area contributed by atoms with Crippen molar-refractivity contribution in [3.05, 3.63) is 35.4 Å². The minimum Gasteiger partial charge on any atom is -0.352 e. The zero-order valence-electron chi connectivity index (χ0n) is 14.6. The number of rotatable bonds is 5. The van der Waals surface area contributed by atoms with Crippen LogP contribution in [0.15, 0.2) is 24.3 Å². The van der Waals surface area contributed by atoms with Crippen molar-refractivity contribution in [2.75, 3.05) is 20.1 Å². The Morgan fingerprint density at radius 3 is 2.09 bits per heavy atom. The normalized spacial score (nSPS) is 12.1. The molecule has 1 aromatic rings. The molecular formula is C17H28ClN3O2. The van der Waals surface area contributed by atoms with E-state index in [4.69, 9.17) is 5.73 Å². The quantitative estimate of drug-likeness (QED) is 0.862.